The summed E-state index contributed by atoms with van der Waals surface area (Å²) in [4.78, 5) is 53.8. The summed E-state index contributed by atoms with van der Waals surface area (Å²) < 4.78 is 0. The van der Waals surface area contributed by atoms with Gasteiger partial charge in [-0.1, -0.05) is 6.58 Å². The Morgan fingerprint density at radius 1 is 0.720 bits per heavy atom. The highest BCUT2D eigenvalue weighted by Gasteiger charge is 2.17. The maximum absolute atomic E-state index is 10.6. The zero-order valence-electron chi connectivity index (χ0n) is 13.3. The normalized spacial score (nSPS) is 9.84. The third kappa shape index (κ3) is 19.0. The third-order valence-electron chi connectivity index (χ3n) is 2.37. The second kappa shape index (κ2) is 13.4. The number of amides is 1. The molecule has 0 rings (SSSR count). The summed E-state index contributed by atoms with van der Waals surface area (Å²) in [7, 11) is 0. The van der Waals surface area contributed by atoms with Gasteiger partial charge in [-0.3, -0.25) is 33.8 Å². The van der Waals surface area contributed by atoms with Crippen LogP contribution in [0.4, 0.5) is 0 Å². The third-order valence-corrected chi connectivity index (χ3v) is 2.37. The van der Waals surface area contributed by atoms with Crippen LogP contribution in [-0.2, 0) is 24.0 Å². The van der Waals surface area contributed by atoms with Gasteiger partial charge in [0.1, 0.15) is 0 Å². The van der Waals surface area contributed by atoms with Crippen LogP contribution in [0.25, 0.3) is 0 Å². The summed E-state index contributed by atoms with van der Waals surface area (Å²) in [5.74, 6) is -5.39. The van der Waals surface area contributed by atoms with Crippen LogP contribution in [0, 0.1) is 0 Å². The number of hydrogen-bond donors (Lipinski definition) is 5. The van der Waals surface area contributed by atoms with E-state index in [2.05, 4.69) is 12.3 Å². The lowest BCUT2D eigenvalue weighted by atomic mass is 10.4. The molecule has 0 heterocycles. The van der Waals surface area contributed by atoms with Crippen LogP contribution >= 0.6 is 0 Å². The first kappa shape index (κ1) is 24.3. The van der Waals surface area contributed by atoms with E-state index in [1.54, 1.807) is 0 Å². The summed E-state index contributed by atoms with van der Waals surface area (Å²) in [6.07, 6.45) is 1.06. The lowest BCUT2D eigenvalue weighted by Crippen LogP contribution is -2.43. The van der Waals surface area contributed by atoms with Gasteiger partial charge in [0.05, 0.1) is 26.2 Å². The SMILES string of the molecule is C=CC(N)=O.O=C(O)CN(CCN(CC(=O)O)CC(=O)O)CC(=O)O. The summed E-state index contributed by atoms with van der Waals surface area (Å²) in [5, 5.41) is 34.5. The number of carboxylic acids is 4. The molecule has 0 saturated carbocycles. The highest BCUT2D eigenvalue weighted by molar-refractivity contribution is 5.85. The van der Waals surface area contributed by atoms with Gasteiger partial charge in [-0.15, -0.1) is 0 Å². The number of primary amides is 1. The topological polar surface area (TPSA) is 199 Å². The van der Waals surface area contributed by atoms with Crippen LogP contribution in [0.3, 0.4) is 0 Å². The minimum Gasteiger partial charge on any atom is -0.480 e. The fraction of sp³-hybridized carbons (Fsp3) is 0.462. The number of rotatable bonds is 12. The molecule has 0 fully saturated rings. The molecule has 0 bridgehead atoms. The summed E-state index contributed by atoms with van der Waals surface area (Å²) in [6.45, 7) is 0.835. The van der Waals surface area contributed by atoms with E-state index in [1.807, 2.05) is 0 Å². The standard InChI is InChI=1S/C10H16N2O8.C3H5NO/c13-7(14)3-11(4-8(15)16)1-2-12(5-9(17)18)6-10(19)20;1-2-3(4)5/h1-6H2,(H,13,14)(H,15,16)(H,17,18)(H,19,20);2H,1H2,(H2,4,5). The molecular formula is C13H21N3O9. The van der Waals surface area contributed by atoms with Crippen molar-refractivity contribution in [3.63, 3.8) is 0 Å². The number of nitrogens with two attached hydrogens (primary N) is 1. The molecular weight excluding hydrogens is 342 g/mol. The van der Waals surface area contributed by atoms with Gasteiger partial charge in [0.25, 0.3) is 0 Å². The Kier molecular flexibility index (Phi) is 13.1. The van der Waals surface area contributed by atoms with Crippen LogP contribution in [0.1, 0.15) is 0 Å². The fourth-order valence-corrected chi connectivity index (χ4v) is 1.48. The zero-order valence-corrected chi connectivity index (χ0v) is 13.3. The number of nitrogens with zero attached hydrogens (tertiary/aromatic N) is 2. The molecule has 142 valence electrons. The number of aliphatic carboxylic acids is 4. The second-order valence-corrected chi connectivity index (χ2v) is 4.60. The Labute approximate surface area is 142 Å². The van der Waals surface area contributed by atoms with Gasteiger partial charge in [0.15, 0.2) is 0 Å². The molecule has 6 N–H and O–H groups in total. The molecule has 0 radical (unpaired) electrons. The first-order chi connectivity index (χ1) is 11.5. The van der Waals surface area contributed by atoms with Gasteiger partial charge in [-0.05, 0) is 6.08 Å². The monoisotopic (exact) mass is 363 g/mol. The van der Waals surface area contributed by atoms with Crippen LogP contribution in [-0.4, -0.2) is 99.3 Å². The largest absolute Gasteiger partial charge is 0.480 e. The molecule has 12 heteroatoms. The van der Waals surface area contributed by atoms with Gasteiger partial charge in [0.2, 0.25) is 5.91 Å². The minimum atomic E-state index is -1.23. The number of hydrogen-bond acceptors (Lipinski definition) is 7. The van der Waals surface area contributed by atoms with Crippen molar-refractivity contribution in [2.75, 3.05) is 39.3 Å². The summed E-state index contributed by atoms with van der Waals surface area (Å²) in [6, 6.07) is 0. The lowest BCUT2D eigenvalue weighted by Gasteiger charge is -2.23. The van der Waals surface area contributed by atoms with E-state index < -0.39 is 56.0 Å². The van der Waals surface area contributed by atoms with Crippen molar-refractivity contribution in [2.45, 2.75) is 0 Å². The molecule has 0 spiro atoms. The molecule has 0 atom stereocenters. The van der Waals surface area contributed by atoms with E-state index in [1.165, 1.54) is 0 Å². The fourth-order valence-electron chi connectivity index (χ4n) is 1.48. The zero-order chi connectivity index (χ0) is 20.0. The van der Waals surface area contributed by atoms with Crippen LogP contribution in [0.5, 0.6) is 0 Å². The molecule has 0 aliphatic carbocycles. The van der Waals surface area contributed by atoms with Gasteiger partial charge in [-0.2, -0.15) is 0 Å². The predicted octanol–water partition coefficient (Wildman–Crippen LogP) is -2.41. The lowest BCUT2D eigenvalue weighted by molar-refractivity contribution is -0.145. The van der Waals surface area contributed by atoms with Crippen molar-refractivity contribution >= 4 is 29.8 Å². The van der Waals surface area contributed by atoms with Crippen LogP contribution < -0.4 is 5.73 Å². The van der Waals surface area contributed by atoms with Crippen molar-refractivity contribution in [1.82, 2.24) is 9.80 Å². The molecule has 12 nitrogen and oxygen atoms in total. The molecule has 0 aromatic heterocycles. The van der Waals surface area contributed by atoms with E-state index in [4.69, 9.17) is 20.4 Å². The van der Waals surface area contributed by atoms with Crippen LogP contribution in [0.2, 0.25) is 0 Å². The Bertz CT molecular complexity index is 439. The molecule has 0 saturated heterocycles. The van der Waals surface area contributed by atoms with E-state index in [0.717, 1.165) is 15.9 Å². The molecule has 0 aliphatic rings. The molecule has 0 aromatic carbocycles. The molecule has 0 aromatic rings. The number of carbonyl (C=O) groups is 5. The minimum absolute atomic E-state index is 0.0703. The van der Waals surface area contributed by atoms with Crippen molar-refractivity contribution in [1.29, 1.82) is 0 Å². The van der Waals surface area contributed by atoms with Gasteiger partial charge in [0, 0.05) is 13.1 Å². The first-order valence-electron chi connectivity index (χ1n) is 6.71. The second-order valence-electron chi connectivity index (χ2n) is 4.60. The van der Waals surface area contributed by atoms with Gasteiger partial charge in [-0.25, -0.2) is 0 Å². The Balaban J connectivity index is 0. The Hall–Kier alpha value is -2.99. The van der Waals surface area contributed by atoms with Crippen molar-refractivity contribution < 1.29 is 44.4 Å². The number of carboxylic acid groups (broad SMARTS) is 4. The van der Waals surface area contributed by atoms with E-state index in [9.17, 15) is 24.0 Å². The van der Waals surface area contributed by atoms with Gasteiger partial charge < -0.3 is 26.2 Å². The molecule has 0 unspecified atom stereocenters. The maximum atomic E-state index is 10.6. The average molecular weight is 363 g/mol. The predicted molar refractivity (Wildman–Crippen MR) is 82.8 cm³/mol. The average Bonchev–Trinajstić information content (AvgIpc) is 2.42. The van der Waals surface area contributed by atoms with Crippen molar-refractivity contribution in [3.8, 4) is 0 Å². The molecule has 1 amide bonds. The molecule has 0 aliphatic heterocycles. The summed E-state index contributed by atoms with van der Waals surface area (Å²) >= 11 is 0. The maximum Gasteiger partial charge on any atom is 0.317 e. The number of carbonyl (C=O) groups excluding carboxylic acids is 1. The summed E-state index contributed by atoms with van der Waals surface area (Å²) in [5.41, 5.74) is 4.53. The molecule has 25 heavy (non-hydrogen) atoms. The van der Waals surface area contributed by atoms with Crippen molar-refractivity contribution in [2.24, 2.45) is 5.73 Å². The Morgan fingerprint density at radius 3 is 1.04 bits per heavy atom. The highest BCUT2D eigenvalue weighted by atomic mass is 16.4. The van der Waals surface area contributed by atoms with E-state index in [0.29, 0.717) is 0 Å². The van der Waals surface area contributed by atoms with E-state index in [-0.39, 0.29) is 13.1 Å². The van der Waals surface area contributed by atoms with Gasteiger partial charge >= 0.3 is 23.9 Å². The van der Waals surface area contributed by atoms with Crippen LogP contribution in [0.15, 0.2) is 12.7 Å². The first-order valence-corrected chi connectivity index (χ1v) is 6.71. The Morgan fingerprint density at radius 2 is 0.920 bits per heavy atom. The van der Waals surface area contributed by atoms with E-state index >= 15 is 0 Å². The quantitative estimate of drug-likeness (QED) is 0.231. The smallest absolute Gasteiger partial charge is 0.317 e. The highest BCUT2D eigenvalue weighted by Crippen LogP contribution is 1.94. The van der Waals surface area contributed by atoms with Crippen molar-refractivity contribution in [3.05, 3.63) is 12.7 Å².